The van der Waals surface area contributed by atoms with Gasteiger partial charge in [0.1, 0.15) is 12.5 Å². The number of ketones is 2. The molecule has 0 unspecified atom stereocenters. The van der Waals surface area contributed by atoms with Gasteiger partial charge in [0.2, 0.25) is 17.7 Å². The van der Waals surface area contributed by atoms with Gasteiger partial charge in [-0.1, -0.05) is 13.8 Å². The van der Waals surface area contributed by atoms with Crippen LogP contribution in [0.4, 0.5) is 0 Å². The second-order valence-electron chi connectivity index (χ2n) is 10.3. The smallest absolute Gasteiger partial charge is 0.236 e. The molecule has 36 heavy (non-hydrogen) atoms. The van der Waals surface area contributed by atoms with Gasteiger partial charge in [-0.15, -0.1) is 0 Å². The van der Waals surface area contributed by atoms with Gasteiger partial charge in [0.25, 0.3) is 0 Å². The van der Waals surface area contributed by atoms with Gasteiger partial charge in [0, 0.05) is 36.4 Å². The number of amides is 3. The molecule has 4 aliphatic heterocycles. The Hall–Kier alpha value is -2.85. The summed E-state index contributed by atoms with van der Waals surface area (Å²) in [6, 6.07) is -0.238. The Morgan fingerprint density at radius 3 is 2.00 bits per heavy atom. The van der Waals surface area contributed by atoms with Crippen LogP contribution >= 0.6 is 0 Å². The Balaban J connectivity index is 1.29. The molecule has 0 aromatic rings. The molecule has 2 fully saturated rings. The second-order valence-corrected chi connectivity index (χ2v) is 10.3. The lowest BCUT2D eigenvalue weighted by Crippen LogP contribution is -2.42. The van der Waals surface area contributed by atoms with Gasteiger partial charge in [-0.25, -0.2) is 0 Å². The van der Waals surface area contributed by atoms with E-state index in [1.165, 1.54) is 9.80 Å². The molecular weight excluding hydrogens is 466 g/mol. The zero-order chi connectivity index (χ0) is 26.1. The first-order valence-corrected chi connectivity index (χ1v) is 12.7. The summed E-state index contributed by atoms with van der Waals surface area (Å²) in [5.41, 5.74) is 1.06. The minimum absolute atomic E-state index is 0.121. The summed E-state index contributed by atoms with van der Waals surface area (Å²) in [6.07, 6.45) is 4.01. The Bertz CT molecular complexity index is 1020. The van der Waals surface area contributed by atoms with Gasteiger partial charge in [-0.2, -0.15) is 0 Å². The highest BCUT2D eigenvalue weighted by molar-refractivity contribution is 6.09. The number of ether oxygens (including phenoxy) is 2. The highest BCUT2D eigenvalue weighted by Gasteiger charge is 2.42. The molecule has 196 valence electrons. The maximum atomic E-state index is 12.8. The molecule has 0 aromatic heterocycles. The van der Waals surface area contributed by atoms with Crippen molar-refractivity contribution in [3.8, 4) is 0 Å². The fraction of sp³-hybridized carbons (Fsp3) is 0.654. The van der Waals surface area contributed by atoms with Crippen molar-refractivity contribution in [2.24, 2.45) is 5.92 Å². The number of allylic oxidation sites excluding steroid dienone is 2. The molecule has 4 heterocycles. The third-order valence-corrected chi connectivity index (χ3v) is 7.55. The third-order valence-electron chi connectivity index (χ3n) is 7.55. The van der Waals surface area contributed by atoms with Crippen LogP contribution in [0, 0.1) is 5.92 Å². The summed E-state index contributed by atoms with van der Waals surface area (Å²) in [5.74, 6) is -0.855. The fourth-order valence-corrected chi connectivity index (χ4v) is 5.31. The van der Waals surface area contributed by atoms with E-state index in [0.717, 1.165) is 0 Å². The largest absolute Gasteiger partial charge is 0.354 e. The summed E-state index contributed by atoms with van der Waals surface area (Å²) >= 11 is 0. The second kappa shape index (κ2) is 10.6. The number of carbonyl (C=O) groups excluding carboxylic acids is 5. The summed E-state index contributed by atoms with van der Waals surface area (Å²) in [5, 5.41) is 3.06. The minimum atomic E-state index is -0.514. The van der Waals surface area contributed by atoms with Gasteiger partial charge < -0.3 is 14.8 Å². The average molecular weight is 502 g/mol. The molecule has 0 radical (unpaired) electrons. The third kappa shape index (κ3) is 5.44. The topological polar surface area (TPSA) is 122 Å². The van der Waals surface area contributed by atoms with Crippen molar-refractivity contribution < 1.29 is 33.4 Å². The van der Waals surface area contributed by atoms with E-state index in [-0.39, 0.29) is 72.7 Å². The molecule has 3 amide bonds. The highest BCUT2D eigenvalue weighted by Crippen LogP contribution is 2.33. The lowest BCUT2D eigenvalue weighted by atomic mass is 9.98. The molecule has 1 N–H and O–H groups in total. The highest BCUT2D eigenvalue weighted by atomic mass is 16.5. The zero-order valence-corrected chi connectivity index (χ0v) is 21.3. The summed E-state index contributed by atoms with van der Waals surface area (Å²) in [4.78, 5) is 64.1. The van der Waals surface area contributed by atoms with E-state index in [1.54, 1.807) is 26.2 Å². The molecular formula is C26H35N3O7. The first kappa shape index (κ1) is 26.2. The summed E-state index contributed by atoms with van der Waals surface area (Å²) < 4.78 is 12.2. The lowest BCUT2D eigenvalue weighted by molar-refractivity contribution is -0.145. The number of rotatable bonds is 7. The van der Waals surface area contributed by atoms with E-state index in [4.69, 9.17) is 9.47 Å². The van der Waals surface area contributed by atoms with Gasteiger partial charge in [0.05, 0.1) is 31.1 Å². The molecule has 2 saturated heterocycles. The van der Waals surface area contributed by atoms with Crippen molar-refractivity contribution in [3.05, 3.63) is 23.5 Å². The quantitative estimate of drug-likeness (QED) is 0.529. The summed E-state index contributed by atoms with van der Waals surface area (Å²) in [6.45, 7) is 7.38. The Kier molecular flexibility index (Phi) is 7.75. The Labute approximate surface area is 211 Å². The maximum absolute atomic E-state index is 12.8. The van der Waals surface area contributed by atoms with Crippen LogP contribution in [-0.2, 0) is 33.4 Å². The van der Waals surface area contributed by atoms with Crippen molar-refractivity contribution in [1.29, 1.82) is 0 Å². The standard InChI is InChI=1S/C26H35N3O7/c1-5-20-17(9-26(35-20)29-13-16(4)19(31)11-24(29)34)27-22(32)7-6-21-14(2)8-25(36-21)28-12-15(3)18(30)10-23(28)33/h12-14,17,20-21,25-26H,5-11H2,1-4H3,(H,27,32)/t14-,17-,20-,21-,25-,26-/m1/s1. The van der Waals surface area contributed by atoms with Crippen LogP contribution in [0.15, 0.2) is 23.5 Å². The molecule has 4 rings (SSSR count). The van der Waals surface area contributed by atoms with Crippen LogP contribution in [0.5, 0.6) is 0 Å². The van der Waals surface area contributed by atoms with E-state index in [9.17, 15) is 24.0 Å². The normalized spacial score (nSPS) is 33.2. The molecule has 0 spiro atoms. The number of carbonyl (C=O) groups is 5. The van der Waals surface area contributed by atoms with Crippen LogP contribution in [0.3, 0.4) is 0 Å². The average Bonchev–Trinajstić information content (AvgIpc) is 3.40. The van der Waals surface area contributed by atoms with Crippen LogP contribution in [-0.4, -0.2) is 69.8 Å². The number of hydrogen-bond acceptors (Lipinski definition) is 7. The van der Waals surface area contributed by atoms with Crippen LogP contribution in [0.1, 0.15) is 72.6 Å². The van der Waals surface area contributed by atoms with Crippen molar-refractivity contribution in [2.45, 2.75) is 103 Å². The monoisotopic (exact) mass is 501 g/mol. The molecule has 6 atom stereocenters. The maximum Gasteiger partial charge on any atom is 0.236 e. The van der Waals surface area contributed by atoms with E-state index in [1.807, 2.05) is 13.8 Å². The fourth-order valence-electron chi connectivity index (χ4n) is 5.31. The van der Waals surface area contributed by atoms with E-state index >= 15 is 0 Å². The SMILES string of the molecule is CC[C@H]1O[C@@H](N2C=C(C)C(=O)CC2=O)C[C@H]1NC(=O)CC[C@H]1O[C@@H](N2C=C(C)C(=O)CC2=O)C[C@H]1C. The van der Waals surface area contributed by atoms with Crippen LogP contribution in [0.25, 0.3) is 0 Å². The van der Waals surface area contributed by atoms with E-state index < -0.39 is 12.5 Å². The number of Topliss-reactive ketones (excluding diaryl/α,β-unsaturated/α-hetero) is 2. The van der Waals surface area contributed by atoms with E-state index in [2.05, 4.69) is 5.32 Å². The van der Waals surface area contributed by atoms with Gasteiger partial charge in [-0.05, 0) is 39.0 Å². The van der Waals surface area contributed by atoms with Crippen molar-refractivity contribution >= 4 is 29.3 Å². The van der Waals surface area contributed by atoms with Crippen molar-refractivity contribution in [1.82, 2.24) is 15.1 Å². The number of nitrogens with zero attached hydrogens (tertiary/aromatic N) is 2. The predicted octanol–water partition coefficient (Wildman–Crippen LogP) is 1.94. The molecule has 10 heteroatoms. The number of nitrogens with one attached hydrogen (secondary N) is 1. The molecule has 0 saturated carbocycles. The van der Waals surface area contributed by atoms with Crippen LogP contribution < -0.4 is 5.32 Å². The summed E-state index contributed by atoms with van der Waals surface area (Å²) in [7, 11) is 0. The molecule has 10 nitrogen and oxygen atoms in total. The first-order valence-electron chi connectivity index (χ1n) is 12.7. The van der Waals surface area contributed by atoms with Gasteiger partial charge in [0.15, 0.2) is 11.6 Å². The molecule has 4 aliphatic rings. The van der Waals surface area contributed by atoms with Crippen LogP contribution in [0.2, 0.25) is 0 Å². The van der Waals surface area contributed by atoms with E-state index in [0.29, 0.717) is 36.8 Å². The molecule has 0 bridgehead atoms. The minimum Gasteiger partial charge on any atom is -0.354 e. The van der Waals surface area contributed by atoms with Gasteiger partial charge >= 0.3 is 0 Å². The van der Waals surface area contributed by atoms with Gasteiger partial charge in [-0.3, -0.25) is 33.8 Å². The first-order chi connectivity index (χ1) is 17.1. The Morgan fingerprint density at radius 1 is 0.917 bits per heavy atom. The Morgan fingerprint density at radius 2 is 1.44 bits per heavy atom. The predicted molar refractivity (Wildman–Crippen MR) is 128 cm³/mol. The van der Waals surface area contributed by atoms with Crippen molar-refractivity contribution in [3.63, 3.8) is 0 Å². The zero-order valence-electron chi connectivity index (χ0n) is 21.3. The molecule has 0 aromatic carbocycles. The lowest BCUT2D eigenvalue weighted by Gasteiger charge is -2.28. The van der Waals surface area contributed by atoms with Crippen molar-refractivity contribution in [2.75, 3.05) is 0 Å². The molecule has 0 aliphatic carbocycles. The number of hydrogen-bond donors (Lipinski definition) is 1.